The van der Waals surface area contributed by atoms with Crippen LogP contribution in [-0.4, -0.2) is 9.66 Å². The minimum absolute atomic E-state index is 0.239. The van der Waals surface area contributed by atoms with Crippen LogP contribution in [0.1, 0.15) is 5.56 Å². The van der Waals surface area contributed by atoms with Gasteiger partial charge in [-0.3, -0.25) is 10.1 Å². The third-order valence-electron chi connectivity index (χ3n) is 2.00. The van der Waals surface area contributed by atoms with Crippen LogP contribution in [0.3, 0.4) is 0 Å². The zero-order valence-corrected chi connectivity index (χ0v) is 9.96. The fourth-order valence-corrected chi connectivity index (χ4v) is 1.61. The molecular formula is C10H7BrF3N3. The van der Waals surface area contributed by atoms with Crippen LogP contribution in [0.2, 0.25) is 0 Å². The molecule has 0 atom stereocenters. The lowest BCUT2D eigenvalue weighted by Crippen LogP contribution is -2.15. The number of aromatic nitrogens is 2. The predicted molar refractivity (Wildman–Crippen MR) is 60.4 cm³/mol. The van der Waals surface area contributed by atoms with Crippen molar-refractivity contribution in [2.24, 2.45) is 0 Å². The van der Waals surface area contributed by atoms with Gasteiger partial charge in [-0.2, -0.15) is 13.2 Å². The van der Waals surface area contributed by atoms with Crippen LogP contribution in [-0.2, 0) is 6.18 Å². The molecule has 0 fully saturated rings. The van der Waals surface area contributed by atoms with Crippen LogP contribution in [0.5, 0.6) is 0 Å². The van der Waals surface area contributed by atoms with Crippen molar-refractivity contribution in [3.63, 3.8) is 0 Å². The molecule has 0 unspecified atom stereocenters. The number of rotatable bonds is 2. The summed E-state index contributed by atoms with van der Waals surface area (Å²) in [5.74, 6) is -0.239. The van der Waals surface area contributed by atoms with E-state index < -0.39 is 11.7 Å². The lowest BCUT2D eigenvalue weighted by atomic mass is 10.2. The van der Waals surface area contributed by atoms with Gasteiger partial charge in [0, 0.05) is 23.1 Å². The van der Waals surface area contributed by atoms with E-state index in [2.05, 4.69) is 26.3 Å². The molecule has 0 amide bonds. The third kappa shape index (κ3) is 2.79. The van der Waals surface area contributed by atoms with Crippen molar-refractivity contribution in [3.05, 3.63) is 46.8 Å². The summed E-state index contributed by atoms with van der Waals surface area (Å²) < 4.78 is 39.9. The van der Waals surface area contributed by atoms with Crippen LogP contribution in [0.4, 0.5) is 19.0 Å². The lowest BCUT2D eigenvalue weighted by molar-refractivity contribution is -0.137. The van der Waals surface area contributed by atoms with Crippen molar-refractivity contribution < 1.29 is 13.2 Å². The van der Waals surface area contributed by atoms with Gasteiger partial charge in [0.05, 0.1) is 0 Å². The van der Waals surface area contributed by atoms with Gasteiger partial charge in [0.25, 0.3) is 0 Å². The minimum Gasteiger partial charge on any atom is -0.278 e. The molecule has 2 rings (SSSR count). The van der Waals surface area contributed by atoms with Crippen LogP contribution in [0.25, 0.3) is 0 Å². The van der Waals surface area contributed by atoms with E-state index in [4.69, 9.17) is 0 Å². The Hall–Kier alpha value is -1.50. The van der Waals surface area contributed by atoms with Crippen molar-refractivity contribution in [2.75, 3.05) is 5.43 Å². The Balaban J connectivity index is 2.40. The van der Waals surface area contributed by atoms with Crippen LogP contribution >= 0.6 is 15.9 Å². The van der Waals surface area contributed by atoms with Gasteiger partial charge < -0.3 is 0 Å². The maximum Gasteiger partial charge on any atom is 0.420 e. The van der Waals surface area contributed by atoms with Gasteiger partial charge in [0.2, 0.25) is 0 Å². The van der Waals surface area contributed by atoms with Crippen molar-refractivity contribution in [3.8, 4) is 0 Å². The molecule has 3 nitrogen and oxygen atoms in total. The molecule has 0 aliphatic heterocycles. The highest BCUT2D eigenvalue weighted by Gasteiger charge is 2.34. The molecule has 0 aliphatic rings. The molecule has 2 aromatic rings. The van der Waals surface area contributed by atoms with E-state index in [0.29, 0.717) is 0 Å². The third-order valence-corrected chi connectivity index (χ3v) is 2.43. The van der Waals surface area contributed by atoms with Gasteiger partial charge in [0.15, 0.2) is 5.82 Å². The summed E-state index contributed by atoms with van der Waals surface area (Å²) in [6, 6.07) is 4.37. The van der Waals surface area contributed by atoms with Crippen molar-refractivity contribution in [2.45, 2.75) is 6.18 Å². The molecule has 0 saturated carbocycles. The number of anilines is 1. The standard InChI is InChI=1S/C10H7BrF3N3/c11-7-5-8(10(12,13)14)9(15-6-7)16-17-3-1-2-4-17/h1-6H,(H,15,16). The Bertz CT molecular complexity index is 508. The first-order valence-electron chi connectivity index (χ1n) is 4.59. The number of alkyl halides is 3. The molecule has 2 aromatic heterocycles. The van der Waals surface area contributed by atoms with Crippen LogP contribution in [0.15, 0.2) is 41.3 Å². The predicted octanol–water partition coefficient (Wildman–Crippen LogP) is 3.54. The topological polar surface area (TPSA) is 29.9 Å². The summed E-state index contributed by atoms with van der Waals surface area (Å²) >= 11 is 2.97. The number of nitrogens with one attached hydrogen (secondary N) is 1. The highest BCUT2D eigenvalue weighted by Crippen LogP contribution is 2.35. The van der Waals surface area contributed by atoms with E-state index >= 15 is 0 Å². The van der Waals surface area contributed by atoms with Crippen LogP contribution in [0, 0.1) is 0 Å². The smallest absolute Gasteiger partial charge is 0.278 e. The van der Waals surface area contributed by atoms with Gasteiger partial charge in [-0.25, -0.2) is 4.98 Å². The Labute approximate surface area is 103 Å². The Morgan fingerprint density at radius 1 is 1.24 bits per heavy atom. The second kappa shape index (κ2) is 4.40. The molecule has 0 bridgehead atoms. The van der Waals surface area contributed by atoms with E-state index in [0.717, 1.165) is 6.07 Å². The van der Waals surface area contributed by atoms with Gasteiger partial charge >= 0.3 is 6.18 Å². The SMILES string of the molecule is FC(F)(F)c1cc(Br)cnc1Nn1cccc1. The maximum absolute atomic E-state index is 12.7. The number of nitrogens with zero attached hydrogens (tertiary/aromatic N) is 2. The normalized spacial score (nSPS) is 11.5. The molecule has 0 spiro atoms. The Morgan fingerprint density at radius 2 is 1.88 bits per heavy atom. The zero-order valence-electron chi connectivity index (χ0n) is 8.37. The zero-order chi connectivity index (χ0) is 12.5. The first-order chi connectivity index (χ1) is 7.97. The summed E-state index contributed by atoms with van der Waals surface area (Å²) in [6.45, 7) is 0. The van der Waals surface area contributed by atoms with E-state index in [9.17, 15) is 13.2 Å². The van der Waals surface area contributed by atoms with Crippen molar-refractivity contribution in [1.82, 2.24) is 9.66 Å². The highest BCUT2D eigenvalue weighted by atomic mass is 79.9. The van der Waals surface area contributed by atoms with Gasteiger partial charge in [-0.15, -0.1) is 0 Å². The molecule has 7 heteroatoms. The molecule has 90 valence electrons. The van der Waals surface area contributed by atoms with E-state index in [1.165, 1.54) is 10.9 Å². The largest absolute Gasteiger partial charge is 0.420 e. The fraction of sp³-hybridized carbons (Fsp3) is 0.100. The number of halogens is 4. The second-order valence-corrected chi connectivity index (χ2v) is 4.17. The molecule has 0 saturated heterocycles. The molecule has 0 aliphatic carbocycles. The fourth-order valence-electron chi connectivity index (χ4n) is 1.28. The van der Waals surface area contributed by atoms with E-state index in [1.807, 2.05) is 0 Å². The molecule has 0 aromatic carbocycles. The molecule has 17 heavy (non-hydrogen) atoms. The number of pyridine rings is 1. The van der Waals surface area contributed by atoms with Crippen molar-refractivity contribution >= 4 is 21.7 Å². The van der Waals surface area contributed by atoms with E-state index in [1.54, 1.807) is 24.5 Å². The van der Waals surface area contributed by atoms with Crippen molar-refractivity contribution in [1.29, 1.82) is 0 Å². The first kappa shape index (κ1) is 12.0. The number of hydrogen-bond acceptors (Lipinski definition) is 2. The summed E-state index contributed by atoms with van der Waals surface area (Å²) in [4.78, 5) is 3.72. The Morgan fingerprint density at radius 3 is 2.47 bits per heavy atom. The van der Waals surface area contributed by atoms with Gasteiger partial charge in [-0.05, 0) is 34.1 Å². The van der Waals surface area contributed by atoms with Gasteiger partial charge in [0.1, 0.15) is 5.56 Å². The van der Waals surface area contributed by atoms with E-state index in [-0.39, 0.29) is 10.3 Å². The summed E-state index contributed by atoms with van der Waals surface area (Å²) in [7, 11) is 0. The average molecular weight is 306 g/mol. The lowest BCUT2D eigenvalue weighted by Gasteiger charge is -2.14. The monoisotopic (exact) mass is 305 g/mol. The molecule has 1 N–H and O–H groups in total. The first-order valence-corrected chi connectivity index (χ1v) is 5.39. The summed E-state index contributed by atoms with van der Waals surface area (Å²) in [5, 5.41) is 0. The molecule has 0 radical (unpaired) electrons. The summed E-state index contributed by atoms with van der Waals surface area (Å²) in [6.07, 6.45) is 0.0289. The number of hydrogen-bond donors (Lipinski definition) is 1. The second-order valence-electron chi connectivity index (χ2n) is 3.25. The maximum atomic E-state index is 12.7. The highest BCUT2D eigenvalue weighted by molar-refractivity contribution is 9.10. The average Bonchev–Trinajstić information content (AvgIpc) is 2.72. The quantitative estimate of drug-likeness (QED) is 0.919. The van der Waals surface area contributed by atoms with Crippen LogP contribution < -0.4 is 5.43 Å². The Kier molecular flexibility index (Phi) is 3.10. The summed E-state index contributed by atoms with van der Waals surface area (Å²) in [5.41, 5.74) is 1.73. The minimum atomic E-state index is -4.45. The molecule has 2 heterocycles. The molecular weight excluding hydrogens is 299 g/mol. The van der Waals surface area contributed by atoms with Gasteiger partial charge in [-0.1, -0.05) is 0 Å².